The van der Waals surface area contributed by atoms with E-state index < -0.39 is 0 Å². The Bertz CT molecular complexity index is 340. The van der Waals surface area contributed by atoms with Crippen molar-refractivity contribution in [2.75, 3.05) is 0 Å². The van der Waals surface area contributed by atoms with Crippen molar-refractivity contribution in [2.45, 2.75) is 6.61 Å². The molecule has 1 heterocycles. The zero-order valence-electron chi connectivity index (χ0n) is 6.49. The van der Waals surface area contributed by atoms with Gasteiger partial charge in [-0.15, -0.1) is 0 Å². The molecule has 2 heteroatoms. The molecule has 0 fully saturated rings. The quantitative estimate of drug-likeness (QED) is 0.587. The molecule has 12 heavy (non-hydrogen) atoms. The summed E-state index contributed by atoms with van der Waals surface area (Å²) in [5.41, 5.74) is 2.79. The van der Waals surface area contributed by atoms with Gasteiger partial charge in [-0.3, -0.25) is 4.79 Å². The fraction of sp³-hybridized carbons (Fsp3) is 0.100. The van der Waals surface area contributed by atoms with Gasteiger partial charge in [-0.1, -0.05) is 18.2 Å². The lowest BCUT2D eigenvalue weighted by Gasteiger charge is -2.12. The van der Waals surface area contributed by atoms with E-state index in [4.69, 9.17) is 4.74 Å². The van der Waals surface area contributed by atoms with Crippen LogP contribution in [0.15, 0.2) is 24.5 Å². The van der Waals surface area contributed by atoms with E-state index >= 15 is 0 Å². The molecule has 1 aliphatic rings. The van der Waals surface area contributed by atoms with Crippen molar-refractivity contribution in [2.24, 2.45) is 0 Å². The van der Waals surface area contributed by atoms with Crippen LogP contribution < -0.4 is 0 Å². The van der Waals surface area contributed by atoms with Crippen molar-refractivity contribution in [3.63, 3.8) is 0 Å². The second-order valence-electron chi connectivity index (χ2n) is 2.65. The summed E-state index contributed by atoms with van der Waals surface area (Å²) in [6, 6.07) is 5.64. The molecule has 0 unspecified atom stereocenters. The molecule has 0 spiro atoms. The molecule has 1 aromatic carbocycles. The minimum Gasteiger partial charge on any atom is -0.496 e. The molecule has 0 saturated carbocycles. The summed E-state index contributed by atoms with van der Waals surface area (Å²) in [7, 11) is 0. The second kappa shape index (κ2) is 2.81. The Morgan fingerprint density at radius 1 is 1.42 bits per heavy atom. The number of carbonyl (C=O) groups excluding carboxylic acids is 1. The van der Waals surface area contributed by atoms with Crippen LogP contribution in [0.25, 0.3) is 6.08 Å². The van der Waals surface area contributed by atoms with Gasteiger partial charge in [0.2, 0.25) is 0 Å². The highest BCUT2D eigenvalue weighted by atomic mass is 16.5. The fourth-order valence-electron chi connectivity index (χ4n) is 1.32. The van der Waals surface area contributed by atoms with Gasteiger partial charge in [0.25, 0.3) is 0 Å². The Morgan fingerprint density at radius 3 is 3.17 bits per heavy atom. The second-order valence-corrected chi connectivity index (χ2v) is 2.65. The molecular weight excluding hydrogens is 152 g/mol. The Balaban J connectivity index is 2.61. The van der Waals surface area contributed by atoms with E-state index in [9.17, 15) is 4.79 Å². The van der Waals surface area contributed by atoms with Crippen molar-refractivity contribution in [3.05, 3.63) is 41.2 Å². The Kier molecular flexibility index (Phi) is 1.67. The first kappa shape index (κ1) is 7.10. The molecule has 1 aliphatic heterocycles. The van der Waals surface area contributed by atoms with Crippen molar-refractivity contribution in [3.8, 4) is 0 Å². The summed E-state index contributed by atoms with van der Waals surface area (Å²) in [5.74, 6) is 0. The first-order chi connectivity index (χ1) is 5.92. The maximum atomic E-state index is 10.6. The van der Waals surface area contributed by atoms with Crippen LogP contribution >= 0.6 is 0 Å². The minimum absolute atomic E-state index is 0.563. The predicted molar refractivity (Wildman–Crippen MR) is 45.7 cm³/mol. The number of benzene rings is 1. The molecule has 0 bridgehead atoms. The van der Waals surface area contributed by atoms with Gasteiger partial charge in [-0.05, 0) is 17.2 Å². The summed E-state index contributed by atoms with van der Waals surface area (Å²) >= 11 is 0. The van der Waals surface area contributed by atoms with Crippen LogP contribution in [0.4, 0.5) is 0 Å². The van der Waals surface area contributed by atoms with E-state index in [0.717, 1.165) is 23.0 Å². The highest BCUT2D eigenvalue weighted by Crippen LogP contribution is 2.19. The molecule has 0 N–H and O–H groups in total. The lowest BCUT2D eigenvalue weighted by atomic mass is 10.0. The van der Waals surface area contributed by atoms with Gasteiger partial charge in [0.15, 0.2) is 6.29 Å². The normalized spacial score (nSPS) is 13.3. The Labute approximate surface area is 70.5 Å². The van der Waals surface area contributed by atoms with Gasteiger partial charge in [0.1, 0.15) is 6.61 Å². The molecule has 2 nitrogen and oxygen atoms in total. The SMILES string of the molecule is O=Cc1cccc2c1C=COC2. The molecule has 0 saturated heterocycles. The number of fused-ring (bicyclic) bond motifs is 1. The fourth-order valence-corrected chi connectivity index (χ4v) is 1.32. The van der Waals surface area contributed by atoms with Gasteiger partial charge in [-0.2, -0.15) is 0 Å². The average Bonchev–Trinajstić information content (AvgIpc) is 2.17. The van der Waals surface area contributed by atoms with Gasteiger partial charge in [0, 0.05) is 5.56 Å². The van der Waals surface area contributed by atoms with Crippen molar-refractivity contribution < 1.29 is 9.53 Å². The standard InChI is InChI=1S/C10H8O2/c11-6-8-2-1-3-9-7-12-5-4-10(8)9/h1-6H,7H2. The van der Waals surface area contributed by atoms with Gasteiger partial charge < -0.3 is 4.74 Å². The molecule has 0 amide bonds. The molecule has 0 aliphatic carbocycles. The molecule has 2 rings (SSSR count). The number of aldehydes is 1. The van der Waals surface area contributed by atoms with Crippen LogP contribution in [-0.2, 0) is 11.3 Å². The molecule has 1 aromatic rings. The van der Waals surface area contributed by atoms with Crippen LogP contribution in [0.2, 0.25) is 0 Å². The maximum Gasteiger partial charge on any atom is 0.150 e. The molecule has 0 radical (unpaired) electrons. The molecular formula is C10H8O2. The molecule has 0 aromatic heterocycles. The summed E-state index contributed by atoms with van der Waals surface area (Å²) in [4.78, 5) is 10.6. The number of ether oxygens (including phenoxy) is 1. The highest BCUT2D eigenvalue weighted by molar-refractivity contribution is 5.83. The van der Waals surface area contributed by atoms with Crippen LogP contribution in [0.1, 0.15) is 21.5 Å². The number of hydrogen-bond acceptors (Lipinski definition) is 2. The molecule has 60 valence electrons. The van der Waals surface area contributed by atoms with E-state index in [2.05, 4.69) is 0 Å². The van der Waals surface area contributed by atoms with Gasteiger partial charge in [-0.25, -0.2) is 0 Å². The third kappa shape index (κ3) is 1.01. The van der Waals surface area contributed by atoms with E-state index in [1.54, 1.807) is 6.26 Å². The van der Waals surface area contributed by atoms with Crippen molar-refractivity contribution in [1.82, 2.24) is 0 Å². The van der Waals surface area contributed by atoms with Crippen molar-refractivity contribution in [1.29, 1.82) is 0 Å². The van der Waals surface area contributed by atoms with Crippen LogP contribution in [-0.4, -0.2) is 6.29 Å². The Morgan fingerprint density at radius 2 is 2.33 bits per heavy atom. The Hall–Kier alpha value is -1.57. The smallest absolute Gasteiger partial charge is 0.150 e. The van der Waals surface area contributed by atoms with Crippen LogP contribution in [0.3, 0.4) is 0 Å². The van der Waals surface area contributed by atoms with E-state index in [1.807, 2.05) is 24.3 Å². The summed E-state index contributed by atoms with van der Waals surface area (Å²) in [6.07, 6.45) is 4.31. The van der Waals surface area contributed by atoms with E-state index in [-0.39, 0.29) is 0 Å². The minimum atomic E-state index is 0.563. The van der Waals surface area contributed by atoms with E-state index in [1.165, 1.54) is 0 Å². The maximum absolute atomic E-state index is 10.6. The molecule has 0 atom stereocenters. The third-order valence-electron chi connectivity index (χ3n) is 1.93. The zero-order chi connectivity index (χ0) is 8.39. The first-order valence-corrected chi connectivity index (χ1v) is 3.77. The van der Waals surface area contributed by atoms with Crippen LogP contribution in [0, 0.1) is 0 Å². The number of carbonyl (C=O) groups is 1. The first-order valence-electron chi connectivity index (χ1n) is 3.77. The topological polar surface area (TPSA) is 26.3 Å². The zero-order valence-corrected chi connectivity index (χ0v) is 6.49. The summed E-state index contributed by atoms with van der Waals surface area (Å²) < 4.78 is 5.10. The lowest BCUT2D eigenvalue weighted by molar-refractivity contribution is 0.112. The van der Waals surface area contributed by atoms with Gasteiger partial charge >= 0.3 is 0 Å². The number of hydrogen-bond donors (Lipinski definition) is 0. The van der Waals surface area contributed by atoms with Crippen molar-refractivity contribution >= 4 is 12.4 Å². The monoisotopic (exact) mass is 160 g/mol. The summed E-state index contributed by atoms with van der Waals surface area (Å²) in [5, 5.41) is 0. The van der Waals surface area contributed by atoms with Gasteiger partial charge in [0.05, 0.1) is 6.26 Å². The largest absolute Gasteiger partial charge is 0.496 e. The predicted octanol–water partition coefficient (Wildman–Crippen LogP) is 2.00. The third-order valence-corrected chi connectivity index (χ3v) is 1.93. The average molecular weight is 160 g/mol. The number of rotatable bonds is 1. The summed E-state index contributed by atoms with van der Waals surface area (Å²) in [6.45, 7) is 0.563. The highest BCUT2D eigenvalue weighted by Gasteiger charge is 2.07. The lowest BCUT2D eigenvalue weighted by Crippen LogP contribution is -1.99. The van der Waals surface area contributed by atoms with E-state index in [0.29, 0.717) is 6.61 Å². The van der Waals surface area contributed by atoms with Crippen LogP contribution in [0.5, 0.6) is 0 Å².